The molecule has 0 fully saturated rings. The fourth-order valence-corrected chi connectivity index (χ4v) is 2.99. The Bertz CT molecular complexity index is 1180. The molecule has 0 atom stereocenters. The minimum atomic E-state index is -0.506. The van der Waals surface area contributed by atoms with Crippen molar-refractivity contribution in [3.63, 3.8) is 0 Å². The SMILES string of the molecule is O=C(COc1ccc2c(c1)OC(=Cc1cccc([N+](=O)[O-])c1)C2=O)c1ccccc1. The number of hydrogen-bond acceptors (Lipinski definition) is 6. The molecule has 0 amide bonds. The number of ketones is 2. The third-order valence-corrected chi connectivity index (χ3v) is 4.49. The van der Waals surface area contributed by atoms with Crippen molar-refractivity contribution in [1.29, 1.82) is 0 Å². The van der Waals surface area contributed by atoms with Gasteiger partial charge in [-0.2, -0.15) is 0 Å². The van der Waals surface area contributed by atoms with Crippen molar-refractivity contribution in [3.05, 3.63) is 105 Å². The summed E-state index contributed by atoms with van der Waals surface area (Å²) in [5.74, 6) is 0.259. The average Bonchev–Trinajstić information content (AvgIpc) is 3.07. The van der Waals surface area contributed by atoms with Crippen molar-refractivity contribution in [1.82, 2.24) is 0 Å². The van der Waals surface area contributed by atoms with Crippen LogP contribution in [0.1, 0.15) is 26.3 Å². The Hall–Kier alpha value is -4.26. The van der Waals surface area contributed by atoms with E-state index in [0.29, 0.717) is 28.2 Å². The monoisotopic (exact) mass is 401 g/mol. The molecular weight excluding hydrogens is 386 g/mol. The lowest BCUT2D eigenvalue weighted by Crippen LogP contribution is -2.11. The van der Waals surface area contributed by atoms with Crippen LogP contribution < -0.4 is 9.47 Å². The summed E-state index contributed by atoms with van der Waals surface area (Å²) in [5.41, 5.74) is 1.30. The van der Waals surface area contributed by atoms with Crippen LogP contribution in [0.2, 0.25) is 0 Å². The van der Waals surface area contributed by atoms with Crippen LogP contribution in [-0.4, -0.2) is 23.1 Å². The van der Waals surface area contributed by atoms with Gasteiger partial charge in [0, 0.05) is 23.8 Å². The van der Waals surface area contributed by atoms with Gasteiger partial charge in [0.25, 0.3) is 5.69 Å². The van der Waals surface area contributed by atoms with Gasteiger partial charge in [-0.25, -0.2) is 0 Å². The van der Waals surface area contributed by atoms with Gasteiger partial charge >= 0.3 is 0 Å². The van der Waals surface area contributed by atoms with Crippen molar-refractivity contribution in [3.8, 4) is 11.5 Å². The fraction of sp³-hybridized carbons (Fsp3) is 0.0435. The first-order chi connectivity index (χ1) is 14.5. The zero-order valence-electron chi connectivity index (χ0n) is 15.6. The number of hydrogen-bond donors (Lipinski definition) is 0. The molecule has 0 N–H and O–H groups in total. The Morgan fingerprint density at radius 3 is 2.60 bits per heavy atom. The van der Waals surface area contributed by atoms with Crippen molar-refractivity contribution >= 4 is 23.3 Å². The molecule has 7 heteroatoms. The molecule has 0 unspecified atom stereocenters. The predicted octanol–water partition coefficient (Wildman–Crippen LogP) is 4.47. The third-order valence-electron chi connectivity index (χ3n) is 4.49. The van der Waals surface area contributed by atoms with E-state index in [0.717, 1.165) is 0 Å². The molecule has 0 aromatic heterocycles. The maximum atomic E-state index is 12.6. The smallest absolute Gasteiger partial charge is 0.270 e. The number of carbonyl (C=O) groups is 2. The summed E-state index contributed by atoms with van der Waals surface area (Å²) in [5, 5.41) is 10.9. The molecule has 0 bridgehead atoms. The summed E-state index contributed by atoms with van der Waals surface area (Å²) < 4.78 is 11.2. The number of benzene rings is 3. The third kappa shape index (κ3) is 3.95. The Kier molecular flexibility index (Phi) is 5.09. The predicted molar refractivity (Wildman–Crippen MR) is 109 cm³/mol. The summed E-state index contributed by atoms with van der Waals surface area (Å²) in [6, 6.07) is 19.4. The average molecular weight is 401 g/mol. The van der Waals surface area contributed by atoms with E-state index < -0.39 is 4.92 Å². The maximum Gasteiger partial charge on any atom is 0.270 e. The van der Waals surface area contributed by atoms with Crippen LogP contribution >= 0.6 is 0 Å². The van der Waals surface area contributed by atoms with Crippen LogP contribution in [0.5, 0.6) is 11.5 Å². The highest BCUT2D eigenvalue weighted by atomic mass is 16.6. The second-order valence-corrected chi connectivity index (χ2v) is 6.53. The second kappa shape index (κ2) is 8.00. The summed E-state index contributed by atoms with van der Waals surface area (Å²) in [4.78, 5) is 35.1. The fourth-order valence-electron chi connectivity index (χ4n) is 2.99. The summed E-state index contributed by atoms with van der Waals surface area (Å²) in [6.07, 6.45) is 1.45. The molecule has 0 saturated heterocycles. The van der Waals surface area contributed by atoms with Crippen molar-refractivity contribution in [2.75, 3.05) is 6.61 Å². The Balaban J connectivity index is 1.49. The quantitative estimate of drug-likeness (QED) is 0.262. The lowest BCUT2D eigenvalue weighted by molar-refractivity contribution is -0.384. The topological polar surface area (TPSA) is 95.7 Å². The van der Waals surface area contributed by atoms with E-state index >= 15 is 0 Å². The van der Waals surface area contributed by atoms with Gasteiger partial charge in [0.2, 0.25) is 5.78 Å². The highest BCUT2D eigenvalue weighted by molar-refractivity contribution is 6.14. The van der Waals surface area contributed by atoms with Crippen LogP contribution in [0.3, 0.4) is 0 Å². The molecule has 1 heterocycles. The van der Waals surface area contributed by atoms with E-state index in [1.807, 2.05) is 6.07 Å². The maximum absolute atomic E-state index is 12.6. The molecule has 0 radical (unpaired) electrons. The van der Waals surface area contributed by atoms with Crippen LogP contribution in [0.25, 0.3) is 6.08 Å². The molecule has 3 aromatic carbocycles. The van der Waals surface area contributed by atoms with Crippen molar-refractivity contribution < 1.29 is 24.0 Å². The standard InChI is InChI=1S/C23H15NO6/c25-20(16-6-2-1-3-7-16)14-29-18-9-10-19-21(13-18)30-22(23(19)26)12-15-5-4-8-17(11-15)24(27)28/h1-13H,14H2. The highest BCUT2D eigenvalue weighted by Crippen LogP contribution is 2.35. The van der Waals surface area contributed by atoms with Gasteiger partial charge in [-0.1, -0.05) is 42.5 Å². The number of Topliss-reactive ketones (excluding diaryl/α,β-unsaturated/α-hetero) is 2. The number of nitrogens with zero attached hydrogens (tertiary/aromatic N) is 1. The van der Waals surface area contributed by atoms with E-state index in [-0.39, 0.29) is 29.6 Å². The molecular formula is C23H15NO6. The van der Waals surface area contributed by atoms with Crippen molar-refractivity contribution in [2.24, 2.45) is 0 Å². The highest BCUT2D eigenvalue weighted by Gasteiger charge is 2.28. The zero-order valence-corrected chi connectivity index (χ0v) is 15.6. The number of non-ortho nitro benzene ring substituents is 1. The minimum Gasteiger partial charge on any atom is -0.485 e. The van der Waals surface area contributed by atoms with E-state index in [1.54, 1.807) is 48.5 Å². The van der Waals surface area contributed by atoms with Crippen LogP contribution in [0.15, 0.2) is 78.6 Å². The van der Waals surface area contributed by atoms with Gasteiger partial charge in [0.15, 0.2) is 18.1 Å². The molecule has 148 valence electrons. The van der Waals surface area contributed by atoms with Crippen molar-refractivity contribution in [2.45, 2.75) is 0 Å². The first-order valence-electron chi connectivity index (χ1n) is 9.05. The largest absolute Gasteiger partial charge is 0.485 e. The summed E-state index contributed by atoms with van der Waals surface area (Å²) in [6.45, 7) is -0.146. The molecule has 0 spiro atoms. The van der Waals surface area contributed by atoms with Crippen LogP contribution in [0, 0.1) is 10.1 Å². The van der Waals surface area contributed by atoms with Gasteiger partial charge in [-0.3, -0.25) is 19.7 Å². The minimum absolute atomic E-state index is 0.0583. The van der Waals surface area contributed by atoms with Gasteiger partial charge in [-0.05, 0) is 23.8 Å². The second-order valence-electron chi connectivity index (χ2n) is 6.53. The lowest BCUT2D eigenvalue weighted by Gasteiger charge is -2.06. The first kappa shape index (κ1) is 19.1. The molecule has 7 nitrogen and oxygen atoms in total. The molecule has 4 rings (SSSR count). The van der Waals surface area contributed by atoms with Gasteiger partial charge in [0.05, 0.1) is 10.5 Å². The van der Waals surface area contributed by atoms with E-state index in [9.17, 15) is 19.7 Å². The first-order valence-corrected chi connectivity index (χ1v) is 9.05. The van der Waals surface area contributed by atoms with E-state index in [4.69, 9.17) is 9.47 Å². The van der Waals surface area contributed by atoms with Gasteiger partial charge in [0.1, 0.15) is 11.5 Å². The summed E-state index contributed by atoms with van der Waals surface area (Å²) in [7, 11) is 0. The van der Waals surface area contributed by atoms with Crippen LogP contribution in [0.4, 0.5) is 5.69 Å². The number of rotatable bonds is 6. The van der Waals surface area contributed by atoms with Crippen LogP contribution in [-0.2, 0) is 0 Å². The molecule has 1 aliphatic rings. The number of carbonyl (C=O) groups excluding carboxylic acids is 2. The number of ether oxygens (including phenoxy) is 2. The molecule has 0 aliphatic carbocycles. The molecule has 30 heavy (non-hydrogen) atoms. The molecule has 0 saturated carbocycles. The number of nitro benzene ring substituents is 1. The Morgan fingerprint density at radius 2 is 1.83 bits per heavy atom. The number of nitro groups is 1. The van der Waals surface area contributed by atoms with E-state index in [1.165, 1.54) is 24.3 Å². The number of fused-ring (bicyclic) bond motifs is 1. The Labute approximate surface area is 171 Å². The molecule has 1 aliphatic heterocycles. The number of allylic oxidation sites excluding steroid dienone is 1. The van der Waals surface area contributed by atoms with Gasteiger partial charge in [-0.15, -0.1) is 0 Å². The Morgan fingerprint density at radius 1 is 1.03 bits per heavy atom. The summed E-state index contributed by atoms with van der Waals surface area (Å²) >= 11 is 0. The van der Waals surface area contributed by atoms with Gasteiger partial charge < -0.3 is 9.47 Å². The van der Waals surface area contributed by atoms with E-state index in [2.05, 4.69) is 0 Å². The normalized spacial score (nSPS) is 13.6. The lowest BCUT2D eigenvalue weighted by atomic mass is 10.1. The molecule has 3 aromatic rings. The zero-order chi connectivity index (χ0) is 21.1.